The molecule has 0 unspecified atom stereocenters. The Kier molecular flexibility index (Phi) is 4.07. The Bertz CT molecular complexity index is 487. The minimum Gasteiger partial charge on any atom is -0.481 e. The van der Waals surface area contributed by atoms with E-state index in [0.717, 1.165) is 5.56 Å². The fraction of sp³-hybridized carbons (Fsp3) is 0.333. The van der Waals surface area contributed by atoms with Crippen molar-refractivity contribution in [2.45, 2.75) is 13.0 Å². The largest absolute Gasteiger partial charge is 0.481 e. The molecule has 0 radical (unpaired) electrons. The summed E-state index contributed by atoms with van der Waals surface area (Å²) in [6.45, 7) is 0.306. The third-order valence-electron chi connectivity index (χ3n) is 2.42. The van der Waals surface area contributed by atoms with E-state index in [9.17, 15) is 9.59 Å². The van der Waals surface area contributed by atoms with Crippen molar-refractivity contribution in [1.29, 1.82) is 0 Å². The molecule has 2 rings (SSSR count). The number of ether oxygens (including phenoxy) is 3. The first-order valence-corrected chi connectivity index (χ1v) is 5.66. The molecule has 2 N–H and O–H groups in total. The van der Waals surface area contributed by atoms with Crippen molar-refractivity contribution in [1.82, 2.24) is 5.32 Å². The fourth-order valence-electron chi connectivity index (χ4n) is 1.50. The van der Waals surface area contributed by atoms with Gasteiger partial charge in [-0.25, -0.2) is 4.79 Å². The SMILES string of the molecule is O=C(O)CCNC(=O)OCc1ccc2c(c1)OCO2. The monoisotopic (exact) mass is 267 g/mol. The molecule has 0 saturated carbocycles. The van der Waals surface area contributed by atoms with Gasteiger partial charge in [0.05, 0.1) is 6.42 Å². The molecule has 102 valence electrons. The van der Waals surface area contributed by atoms with Gasteiger partial charge in [-0.2, -0.15) is 0 Å². The summed E-state index contributed by atoms with van der Waals surface area (Å²) in [5.41, 5.74) is 0.762. The minimum atomic E-state index is -0.976. The van der Waals surface area contributed by atoms with Crippen molar-refractivity contribution in [3.05, 3.63) is 23.8 Å². The molecule has 0 aliphatic carbocycles. The maximum Gasteiger partial charge on any atom is 0.407 e. The lowest BCUT2D eigenvalue weighted by atomic mass is 10.2. The molecule has 0 bridgehead atoms. The minimum absolute atomic E-state index is 0.0370. The van der Waals surface area contributed by atoms with E-state index in [2.05, 4.69) is 5.32 Å². The van der Waals surface area contributed by atoms with Gasteiger partial charge in [-0.3, -0.25) is 4.79 Å². The summed E-state index contributed by atoms with van der Waals surface area (Å²) in [6, 6.07) is 5.23. The van der Waals surface area contributed by atoms with Gasteiger partial charge in [0.1, 0.15) is 6.61 Å². The van der Waals surface area contributed by atoms with Crippen LogP contribution in [0.4, 0.5) is 4.79 Å². The van der Waals surface area contributed by atoms with Crippen LogP contribution in [0.2, 0.25) is 0 Å². The lowest BCUT2D eigenvalue weighted by Gasteiger charge is -2.06. The molecule has 1 aromatic rings. The molecule has 0 fully saturated rings. The number of nitrogens with one attached hydrogen (secondary N) is 1. The molecule has 0 aromatic heterocycles. The molecular weight excluding hydrogens is 254 g/mol. The number of fused-ring (bicyclic) bond motifs is 1. The second kappa shape index (κ2) is 5.94. The summed E-state index contributed by atoms with van der Waals surface area (Å²) in [5, 5.41) is 10.7. The number of amides is 1. The van der Waals surface area contributed by atoms with Crippen LogP contribution in [0.3, 0.4) is 0 Å². The molecule has 1 heterocycles. The highest BCUT2D eigenvalue weighted by molar-refractivity contribution is 5.70. The highest BCUT2D eigenvalue weighted by atomic mass is 16.7. The van der Waals surface area contributed by atoms with Gasteiger partial charge in [-0.15, -0.1) is 0 Å². The van der Waals surface area contributed by atoms with Crippen LogP contribution in [0.25, 0.3) is 0 Å². The predicted octanol–water partition coefficient (Wildman–Crippen LogP) is 1.12. The molecule has 1 aliphatic rings. The molecule has 0 saturated heterocycles. The summed E-state index contributed by atoms with van der Waals surface area (Å²) in [7, 11) is 0. The maximum absolute atomic E-state index is 11.2. The van der Waals surface area contributed by atoms with E-state index in [1.807, 2.05) is 0 Å². The van der Waals surface area contributed by atoms with Crippen LogP contribution >= 0.6 is 0 Å². The molecule has 0 atom stereocenters. The summed E-state index contributed by atoms with van der Waals surface area (Å²) < 4.78 is 15.3. The highest BCUT2D eigenvalue weighted by Crippen LogP contribution is 2.32. The predicted molar refractivity (Wildman–Crippen MR) is 63.0 cm³/mol. The zero-order chi connectivity index (χ0) is 13.7. The van der Waals surface area contributed by atoms with Crippen LogP contribution in [0.1, 0.15) is 12.0 Å². The maximum atomic E-state index is 11.2. The third-order valence-corrected chi connectivity index (χ3v) is 2.42. The fourth-order valence-corrected chi connectivity index (χ4v) is 1.50. The van der Waals surface area contributed by atoms with Crippen molar-refractivity contribution in [3.63, 3.8) is 0 Å². The summed E-state index contributed by atoms with van der Waals surface area (Å²) in [6.07, 6.45) is -0.794. The normalized spacial score (nSPS) is 12.0. The van der Waals surface area contributed by atoms with E-state index in [1.165, 1.54) is 0 Å². The number of carboxylic acids is 1. The highest BCUT2D eigenvalue weighted by Gasteiger charge is 2.13. The van der Waals surface area contributed by atoms with Gasteiger partial charge in [-0.1, -0.05) is 6.07 Å². The van der Waals surface area contributed by atoms with Crippen molar-refractivity contribution in [2.75, 3.05) is 13.3 Å². The van der Waals surface area contributed by atoms with E-state index in [1.54, 1.807) is 18.2 Å². The number of hydrogen-bond donors (Lipinski definition) is 2. The average molecular weight is 267 g/mol. The lowest BCUT2D eigenvalue weighted by molar-refractivity contribution is -0.136. The van der Waals surface area contributed by atoms with Crippen molar-refractivity contribution < 1.29 is 28.9 Å². The molecule has 7 nitrogen and oxygen atoms in total. The van der Waals surface area contributed by atoms with Crippen molar-refractivity contribution >= 4 is 12.1 Å². The zero-order valence-electron chi connectivity index (χ0n) is 10.0. The van der Waals surface area contributed by atoms with Gasteiger partial charge < -0.3 is 24.6 Å². The van der Waals surface area contributed by atoms with Gasteiger partial charge in [0, 0.05) is 6.54 Å². The van der Waals surface area contributed by atoms with Crippen LogP contribution in [-0.4, -0.2) is 30.5 Å². The van der Waals surface area contributed by atoms with Gasteiger partial charge >= 0.3 is 12.1 Å². The number of carboxylic acid groups (broad SMARTS) is 1. The quantitative estimate of drug-likeness (QED) is 0.830. The summed E-state index contributed by atoms with van der Waals surface area (Å²) in [5.74, 6) is 0.304. The third kappa shape index (κ3) is 3.77. The number of aliphatic carboxylic acids is 1. The Morgan fingerprint density at radius 3 is 2.89 bits per heavy atom. The van der Waals surface area contributed by atoms with Gasteiger partial charge in [-0.05, 0) is 17.7 Å². The lowest BCUT2D eigenvalue weighted by Crippen LogP contribution is -2.26. The number of rotatable bonds is 5. The van der Waals surface area contributed by atoms with Crippen molar-refractivity contribution in [2.24, 2.45) is 0 Å². The van der Waals surface area contributed by atoms with Gasteiger partial charge in [0.2, 0.25) is 6.79 Å². The molecule has 7 heteroatoms. The first kappa shape index (κ1) is 13.0. The Hall–Kier alpha value is -2.44. The first-order chi connectivity index (χ1) is 9.15. The number of carbonyl (C=O) groups is 2. The standard InChI is InChI=1S/C12H13NO6/c14-11(15)3-4-13-12(16)17-6-8-1-2-9-10(5-8)19-7-18-9/h1-2,5H,3-4,6-7H2,(H,13,16)(H,14,15). The molecule has 1 aliphatic heterocycles. The van der Waals surface area contributed by atoms with Crippen LogP contribution in [0.15, 0.2) is 18.2 Å². The van der Waals surface area contributed by atoms with E-state index in [4.69, 9.17) is 19.3 Å². The van der Waals surface area contributed by atoms with Crippen LogP contribution in [0.5, 0.6) is 11.5 Å². The molecular formula is C12H13NO6. The van der Waals surface area contributed by atoms with Crippen LogP contribution < -0.4 is 14.8 Å². The zero-order valence-corrected chi connectivity index (χ0v) is 10.0. The first-order valence-electron chi connectivity index (χ1n) is 5.66. The Morgan fingerprint density at radius 1 is 1.32 bits per heavy atom. The van der Waals surface area contributed by atoms with E-state index >= 15 is 0 Å². The topological polar surface area (TPSA) is 94.1 Å². The summed E-state index contributed by atoms with van der Waals surface area (Å²) in [4.78, 5) is 21.5. The number of hydrogen-bond acceptors (Lipinski definition) is 5. The second-order valence-corrected chi connectivity index (χ2v) is 3.83. The van der Waals surface area contributed by atoms with E-state index < -0.39 is 12.1 Å². The number of benzene rings is 1. The molecule has 1 amide bonds. The van der Waals surface area contributed by atoms with E-state index in [-0.39, 0.29) is 26.4 Å². The summed E-state index contributed by atoms with van der Waals surface area (Å²) >= 11 is 0. The van der Waals surface area contributed by atoms with Gasteiger partial charge in [0.15, 0.2) is 11.5 Å². The molecule has 0 spiro atoms. The molecule has 1 aromatic carbocycles. The Morgan fingerprint density at radius 2 is 2.11 bits per heavy atom. The van der Waals surface area contributed by atoms with Crippen LogP contribution in [-0.2, 0) is 16.1 Å². The average Bonchev–Trinajstić information content (AvgIpc) is 2.83. The second-order valence-electron chi connectivity index (χ2n) is 3.83. The molecule has 19 heavy (non-hydrogen) atoms. The van der Waals surface area contributed by atoms with E-state index in [0.29, 0.717) is 11.5 Å². The Labute approximate surface area is 109 Å². The van der Waals surface area contributed by atoms with Crippen molar-refractivity contribution in [3.8, 4) is 11.5 Å². The smallest absolute Gasteiger partial charge is 0.407 e. The van der Waals surface area contributed by atoms with Gasteiger partial charge in [0.25, 0.3) is 0 Å². The number of alkyl carbamates (subject to hydrolysis) is 1. The Balaban J connectivity index is 1.76. The van der Waals surface area contributed by atoms with Crippen LogP contribution in [0, 0.1) is 0 Å². The number of carbonyl (C=O) groups excluding carboxylic acids is 1.